The first-order valence-electron chi connectivity index (χ1n) is 11.7. The first-order valence-corrected chi connectivity index (χ1v) is 11.7. The summed E-state index contributed by atoms with van der Waals surface area (Å²) in [5.74, 6) is 2.73. The molecule has 5 rings (SSSR count). The van der Waals surface area contributed by atoms with Crippen molar-refractivity contribution in [1.29, 1.82) is 0 Å². The number of nitrogens with one attached hydrogen (secondary N) is 3. The highest BCUT2D eigenvalue weighted by Gasteiger charge is 2.32. The van der Waals surface area contributed by atoms with Gasteiger partial charge < -0.3 is 24.8 Å². The lowest BCUT2D eigenvalue weighted by molar-refractivity contribution is 0.198. The van der Waals surface area contributed by atoms with Crippen LogP contribution in [0.1, 0.15) is 36.6 Å². The van der Waals surface area contributed by atoms with Gasteiger partial charge in [-0.2, -0.15) is 15.1 Å². The summed E-state index contributed by atoms with van der Waals surface area (Å²) >= 11 is 0. The van der Waals surface area contributed by atoms with E-state index in [-0.39, 0.29) is 6.04 Å². The van der Waals surface area contributed by atoms with E-state index in [1.54, 1.807) is 19.6 Å². The molecule has 1 fully saturated rings. The summed E-state index contributed by atoms with van der Waals surface area (Å²) in [6.07, 6.45) is 6.30. The van der Waals surface area contributed by atoms with E-state index in [1.807, 2.05) is 37.3 Å². The number of H-pyrrole nitrogens is 1. The molecule has 1 aliphatic heterocycles. The molecular weight excluding hydrogens is 446 g/mol. The molecule has 182 valence electrons. The molecule has 0 aromatic carbocycles. The molecule has 11 heteroatoms. The summed E-state index contributed by atoms with van der Waals surface area (Å²) in [4.78, 5) is 16.4. The third kappa shape index (κ3) is 5.24. The fourth-order valence-corrected chi connectivity index (χ4v) is 4.27. The molecule has 0 saturated carbocycles. The van der Waals surface area contributed by atoms with E-state index in [0.717, 1.165) is 60.8 Å². The Kier molecular flexibility index (Phi) is 6.85. The highest BCUT2D eigenvalue weighted by Crippen LogP contribution is 2.39. The van der Waals surface area contributed by atoms with Gasteiger partial charge in [0.2, 0.25) is 5.95 Å². The quantitative estimate of drug-likeness (QED) is 0.288. The number of methoxy groups -OCH3 is 1. The molecule has 0 radical (unpaired) electrons. The lowest BCUT2D eigenvalue weighted by atomic mass is 10.0. The summed E-state index contributed by atoms with van der Waals surface area (Å²) < 4.78 is 10.6. The molecule has 0 bridgehead atoms. The van der Waals surface area contributed by atoms with Gasteiger partial charge in [0.25, 0.3) is 0 Å². The minimum absolute atomic E-state index is 0.0301. The molecule has 4 aromatic heterocycles. The normalized spacial score (nSPS) is 15.5. The minimum Gasteiger partial charge on any atom is -0.385 e. The Morgan fingerprint density at radius 1 is 1.20 bits per heavy atom. The van der Waals surface area contributed by atoms with E-state index in [1.165, 1.54) is 0 Å². The molecule has 0 unspecified atom stereocenters. The number of rotatable bonds is 10. The Bertz CT molecular complexity index is 1240. The third-order valence-electron chi connectivity index (χ3n) is 5.88. The lowest BCUT2D eigenvalue weighted by Gasteiger charge is -2.25. The van der Waals surface area contributed by atoms with Crippen molar-refractivity contribution in [2.24, 2.45) is 0 Å². The number of pyridine rings is 1. The van der Waals surface area contributed by atoms with Gasteiger partial charge in [-0.3, -0.25) is 10.1 Å². The Morgan fingerprint density at radius 3 is 2.91 bits per heavy atom. The summed E-state index contributed by atoms with van der Waals surface area (Å²) in [5, 5.41) is 18.2. The Balaban J connectivity index is 1.45. The maximum absolute atomic E-state index is 5.40. The van der Waals surface area contributed by atoms with Crippen LogP contribution >= 0.6 is 0 Å². The van der Waals surface area contributed by atoms with Gasteiger partial charge in [0.05, 0.1) is 11.7 Å². The zero-order valence-corrected chi connectivity index (χ0v) is 19.9. The fourth-order valence-electron chi connectivity index (χ4n) is 4.27. The number of hydrogen-bond donors (Lipinski definition) is 3. The van der Waals surface area contributed by atoms with Gasteiger partial charge in [-0.15, -0.1) is 0 Å². The second-order valence-corrected chi connectivity index (χ2v) is 8.46. The van der Waals surface area contributed by atoms with E-state index in [4.69, 9.17) is 19.2 Å². The smallest absolute Gasteiger partial charge is 0.229 e. The SMILES string of the molecule is COCCCNc1cc(Nc2cc(C)[nH]n2)nc(N2CCC[C@H]2c2conc2-c2ccccn2)n1. The molecular formula is C24H29N9O2. The second-order valence-electron chi connectivity index (χ2n) is 8.46. The van der Waals surface area contributed by atoms with E-state index < -0.39 is 0 Å². The molecule has 4 aromatic rings. The minimum atomic E-state index is 0.0301. The van der Waals surface area contributed by atoms with Gasteiger partial charge >= 0.3 is 0 Å². The molecule has 1 saturated heterocycles. The van der Waals surface area contributed by atoms with Gasteiger partial charge in [0.15, 0.2) is 5.82 Å². The average molecular weight is 476 g/mol. The fraction of sp³-hybridized carbons (Fsp3) is 0.375. The second kappa shape index (κ2) is 10.5. The molecule has 3 N–H and O–H groups in total. The zero-order chi connectivity index (χ0) is 24.0. The Labute approximate surface area is 203 Å². The lowest BCUT2D eigenvalue weighted by Crippen LogP contribution is -2.25. The number of anilines is 4. The Morgan fingerprint density at radius 2 is 2.11 bits per heavy atom. The number of aromatic nitrogens is 6. The summed E-state index contributed by atoms with van der Waals surface area (Å²) in [5.41, 5.74) is 3.49. The molecule has 1 aliphatic rings. The number of aromatic amines is 1. The first kappa shape index (κ1) is 22.8. The Hall–Kier alpha value is -3.99. The van der Waals surface area contributed by atoms with Crippen LogP contribution < -0.4 is 15.5 Å². The van der Waals surface area contributed by atoms with Crippen LogP contribution in [0, 0.1) is 6.92 Å². The highest BCUT2D eigenvalue weighted by atomic mass is 16.5. The predicted molar refractivity (Wildman–Crippen MR) is 133 cm³/mol. The van der Waals surface area contributed by atoms with Crippen molar-refractivity contribution in [3.05, 3.63) is 54.0 Å². The van der Waals surface area contributed by atoms with Crippen LogP contribution in [0.5, 0.6) is 0 Å². The number of aryl methyl sites for hydroxylation is 1. The molecule has 0 aliphatic carbocycles. The van der Waals surface area contributed by atoms with Crippen molar-refractivity contribution in [3.8, 4) is 11.4 Å². The van der Waals surface area contributed by atoms with Crippen LogP contribution in [0.4, 0.5) is 23.4 Å². The summed E-state index contributed by atoms with van der Waals surface area (Å²) in [6.45, 7) is 4.20. The van der Waals surface area contributed by atoms with Crippen molar-refractivity contribution in [2.75, 3.05) is 42.3 Å². The van der Waals surface area contributed by atoms with E-state index >= 15 is 0 Å². The highest BCUT2D eigenvalue weighted by molar-refractivity contribution is 5.62. The van der Waals surface area contributed by atoms with E-state index in [0.29, 0.717) is 24.2 Å². The van der Waals surface area contributed by atoms with Crippen molar-refractivity contribution < 1.29 is 9.26 Å². The summed E-state index contributed by atoms with van der Waals surface area (Å²) in [6, 6.07) is 9.63. The van der Waals surface area contributed by atoms with Crippen LogP contribution in [0.25, 0.3) is 11.4 Å². The van der Waals surface area contributed by atoms with Crippen LogP contribution in [0.3, 0.4) is 0 Å². The van der Waals surface area contributed by atoms with Gasteiger partial charge in [0.1, 0.15) is 23.6 Å². The zero-order valence-electron chi connectivity index (χ0n) is 19.9. The number of ether oxygens (including phenoxy) is 1. The molecule has 1 atom stereocenters. The topological polar surface area (TPSA) is 130 Å². The van der Waals surface area contributed by atoms with E-state index in [9.17, 15) is 0 Å². The van der Waals surface area contributed by atoms with Gasteiger partial charge in [0, 0.05) is 56.4 Å². The van der Waals surface area contributed by atoms with Crippen LogP contribution in [0.2, 0.25) is 0 Å². The molecule has 5 heterocycles. The standard InChI is InChI=1S/C24H29N9O2/c1-16-13-22(31-30-16)27-21-14-20(26-10-6-12-34-2)28-24(29-21)33-11-5-8-19(33)17-15-35-32-23(17)18-7-3-4-9-25-18/h3-4,7,9,13-15,19H,5-6,8,10-12H2,1-2H3,(H3,26,27,28,29,30,31)/t19-/m0/s1. The third-order valence-corrected chi connectivity index (χ3v) is 5.88. The maximum Gasteiger partial charge on any atom is 0.229 e. The van der Waals surface area contributed by atoms with E-state index in [2.05, 4.69) is 35.9 Å². The molecule has 0 spiro atoms. The largest absolute Gasteiger partial charge is 0.385 e. The number of hydrogen-bond acceptors (Lipinski definition) is 10. The molecule has 35 heavy (non-hydrogen) atoms. The average Bonchev–Trinajstić information content (AvgIpc) is 3.63. The van der Waals surface area contributed by atoms with Gasteiger partial charge in [-0.25, -0.2) is 0 Å². The van der Waals surface area contributed by atoms with Crippen molar-refractivity contribution in [2.45, 2.75) is 32.2 Å². The predicted octanol–water partition coefficient (Wildman–Crippen LogP) is 4.09. The maximum atomic E-state index is 5.40. The van der Waals surface area contributed by atoms with Crippen LogP contribution in [-0.4, -0.2) is 57.1 Å². The van der Waals surface area contributed by atoms with Crippen molar-refractivity contribution in [3.63, 3.8) is 0 Å². The summed E-state index contributed by atoms with van der Waals surface area (Å²) in [7, 11) is 1.70. The van der Waals surface area contributed by atoms with Gasteiger partial charge in [-0.05, 0) is 38.3 Å². The van der Waals surface area contributed by atoms with Crippen molar-refractivity contribution in [1.82, 2.24) is 30.3 Å². The first-order chi connectivity index (χ1) is 17.2. The monoisotopic (exact) mass is 475 g/mol. The molecule has 0 amide bonds. The van der Waals surface area contributed by atoms with Gasteiger partial charge in [-0.1, -0.05) is 11.2 Å². The van der Waals surface area contributed by atoms with Crippen LogP contribution in [-0.2, 0) is 4.74 Å². The number of nitrogens with zero attached hydrogens (tertiary/aromatic N) is 6. The molecule has 11 nitrogen and oxygen atoms in total. The van der Waals surface area contributed by atoms with Crippen LogP contribution in [0.15, 0.2) is 47.3 Å². The van der Waals surface area contributed by atoms with Crippen molar-refractivity contribution >= 4 is 23.4 Å².